The van der Waals surface area contributed by atoms with Crippen LogP contribution in [0.1, 0.15) is 53.1 Å². The molecule has 3 aromatic carbocycles. The Morgan fingerprint density at radius 1 is 0.733 bits per heavy atom. The van der Waals surface area contributed by atoms with Crippen LogP contribution in [-0.4, -0.2) is 84.4 Å². The van der Waals surface area contributed by atoms with Crippen molar-refractivity contribution in [3.05, 3.63) is 161 Å². The molecule has 7 rings (SSSR count). The van der Waals surface area contributed by atoms with Crippen molar-refractivity contribution in [3.8, 4) is 11.5 Å². The maximum Gasteiger partial charge on any atom is 0.330 e. The standard InChI is InChI=1S/C41H46N6O12S/c1-24-21-46(39(51)43-37(24)49)35-18-31(45-60(53,54)42-20-33-32(48)19-36(58-33)47-22-25(2)38(50)44-40(47)52)34(59-35)23-57-41(26-8-6-5-7-9-26,27-10-14-29(55-3)15-11-27)28-12-16-30(56-4)17-13-28/h5-17,21-22,31-36,42,45,48H,18-20,23H2,1-4H3,(H,43,49,51)(H,44,50,52)/t31-,32-,33+,34+,35+,36+/m0/s1. The zero-order valence-corrected chi connectivity index (χ0v) is 34.0. The molecule has 19 heteroatoms. The molecule has 2 aliphatic heterocycles. The van der Waals surface area contributed by atoms with Gasteiger partial charge in [0.05, 0.1) is 39.1 Å². The highest BCUT2D eigenvalue weighted by atomic mass is 32.2. The van der Waals surface area contributed by atoms with Gasteiger partial charge in [-0.25, -0.2) is 9.59 Å². The van der Waals surface area contributed by atoms with Crippen molar-refractivity contribution in [1.82, 2.24) is 28.5 Å². The molecule has 0 radical (unpaired) electrons. The van der Waals surface area contributed by atoms with Gasteiger partial charge in [-0.1, -0.05) is 54.6 Å². The van der Waals surface area contributed by atoms with E-state index in [9.17, 15) is 32.7 Å². The van der Waals surface area contributed by atoms with E-state index in [1.807, 2.05) is 78.9 Å². The molecule has 4 heterocycles. The molecule has 2 fully saturated rings. The molecule has 0 spiro atoms. The molecule has 2 aliphatic rings. The number of aryl methyl sites for hydroxylation is 2. The second-order valence-corrected chi connectivity index (χ2v) is 16.2. The Kier molecular flexibility index (Phi) is 12.4. The van der Waals surface area contributed by atoms with E-state index < -0.39 is 75.1 Å². The normalized spacial score (nSPS) is 21.9. The van der Waals surface area contributed by atoms with Crippen LogP contribution in [0.15, 0.2) is 110 Å². The minimum absolute atomic E-state index is 0.0400. The van der Waals surface area contributed by atoms with Crippen molar-refractivity contribution < 1.29 is 37.2 Å². The van der Waals surface area contributed by atoms with Gasteiger partial charge in [-0.2, -0.15) is 17.9 Å². The Balaban J connectivity index is 1.19. The molecule has 60 heavy (non-hydrogen) atoms. The van der Waals surface area contributed by atoms with E-state index in [0.29, 0.717) is 22.6 Å². The first-order chi connectivity index (χ1) is 28.7. The lowest BCUT2D eigenvalue weighted by atomic mass is 9.80. The van der Waals surface area contributed by atoms with Gasteiger partial charge in [0.1, 0.15) is 35.7 Å². The number of aliphatic hydroxyl groups is 1. The minimum Gasteiger partial charge on any atom is -0.497 e. The fourth-order valence-electron chi connectivity index (χ4n) is 7.56. The monoisotopic (exact) mass is 846 g/mol. The van der Waals surface area contributed by atoms with Crippen molar-refractivity contribution in [2.45, 2.75) is 69.1 Å². The summed E-state index contributed by atoms with van der Waals surface area (Å²) in [6.07, 6.45) is -2.64. The molecule has 6 atom stereocenters. The summed E-state index contributed by atoms with van der Waals surface area (Å²) in [6, 6.07) is 23.2. The highest BCUT2D eigenvalue weighted by Crippen LogP contribution is 2.43. The summed E-state index contributed by atoms with van der Waals surface area (Å²) in [5, 5.41) is 10.8. The lowest BCUT2D eigenvalue weighted by molar-refractivity contribution is -0.0804. The molecule has 0 aliphatic carbocycles. The van der Waals surface area contributed by atoms with Gasteiger partial charge >= 0.3 is 11.4 Å². The van der Waals surface area contributed by atoms with Crippen LogP contribution < -0.4 is 41.4 Å². The zero-order chi connectivity index (χ0) is 42.8. The van der Waals surface area contributed by atoms with Gasteiger partial charge in [-0.3, -0.25) is 28.7 Å². The molecule has 0 saturated carbocycles. The predicted molar refractivity (Wildman–Crippen MR) is 217 cm³/mol. The highest BCUT2D eigenvalue weighted by molar-refractivity contribution is 7.87. The molecule has 2 aromatic heterocycles. The van der Waals surface area contributed by atoms with Crippen molar-refractivity contribution >= 4 is 10.2 Å². The molecule has 0 bridgehead atoms. The van der Waals surface area contributed by atoms with Crippen LogP contribution in [0.3, 0.4) is 0 Å². The summed E-state index contributed by atoms with van der Waals surface area (Å²) < 4.78 is 65.3. The first kappa shape index (κ1) is 42.5. The van der Waals surface area contributed by atoms with Crippen LogP contribution >= 0.6 is 0 Å². The molecule has 318 valence electrons. The molecule has 0 unspecified atom stereocenters. The van der Waals surface area contributed by atoms with Gasteiger partial charge in [0.15, 0.2) is 0 Å². The Hall–Kier alpha value is -5.67. The summed E-state index contributed by atoms with van der Waals surface area (Å²) in [5.74, 6) is 1.24. The van der Waals surface area contributed by atoms with Crippen LogP contribution in [0, 0.1) is 13.8 Å². The van der Waals surface area contributed by atoms with E-state index >= 15 is 0 Å². The summed E-state index contributed by atoms with van der Waals surface area (Å²) in [4.78, 5) is 54.2. The largest absolute Gasteiger partial charge is 0.497 e. The second-order valence-electron chi connectivity index (χ2n) is 14.6. The fraction of sp³-hybridized carbons (Fsp3) is 0.366. The van der Waals surface area contributed by atoms with Gasteiger partial charge < -0.3 is 28.8 Å². The lowest BCUT2D eigenvalue weighted by Crippen LogP contribution is -2.50. The number of aromatic amines is 2. The Labute approximate surface area is 343 Å². The average molecular weight is 847 g/mol. The van der Waals surface area contributed by atoms with Gasteiger partial charge in [-0.15, -0.1) is 0 Å². The predicted octanol–water partition coefficient (Wildman–Crippen LogP) is 1.46. The maximum absolute atomic E-state index is 13.8. The molecular formula is C41H46N6O12S. The maximum atomic E-state index is 13.8. The van der Waals surface area contributed by atoms with Crippen LogP contribution in [0.25, 0.3) is 0 Å². The van der Waals surface area contributed by atoms with E-state index in [1.54, 1.807) is 14.2 Å². The summed E-state index contributed by atoms with van der Waals surface area (Å²) in [5.41, 5.74) is -1.23. The summed E-state index contributed by atoms with van der Waals surface area (Å²) in [7, 11) is -1.25. The molecule has 5 N–H and O–H groups in total. The van der Waals surface area contributed by atoms with Crippen molar-refractivity contribution in [2.24, 2.45) is 0 Å². The number of benzene rings is 3. The second kappa shape index (κ2) is 17.5. The molecule has 18 nitrogen and oxygen atoms in total. The van der Waals surface area contributed by atoms with E-state index in [2.05, 4.69) is 19.4 Å². The number of nitrogens with one attached hydrogen (secondary N) is 4. The first-order valence-electron chi connectivity index (χ1n) is 19.1. The van der Waals surface area contributed by atoms with E-state index in [1.165, 1.54) is 30.8 Å². The number of nitrogens with zero attached hydrogens (tertiary/aromatic N) is 2. The Morgan fingerprint density at radius 2 is 1.22 bits per heavy atom. The number of aliphatic hydroxyl groups excluding tert-OH is 1. The van der Waals surface area contributed by atoms with Crippen molar-refractivity contribution in [3.63, 3.8) is 0 Å². The number of H-pyrrole nitrogens is 2. The first-order valence-corrected chi connectivity index (χ1v) is 20.6. The highest BCUT2D eigenvalue weighted by Gasteiger charge is 2.44. The third-order valence-electron chi connectivity index (χ3n) is 10.8. The smallest absolute Gasteiger partial charge is 0.330 e. The average Bonchev–Trinajstić information content (AvgIpc) is 3.82. The topological polar surface area (TPSA) is 234 Å². The van der Waals surface area contributed by atoms with Gasteiger partial charge in [0.2, 0.25) is 0 Å². The number of rotatable bonds is 15. The number of aromatic nitrogens is 4. The number of hydrogen-bond acceptors (Lipinski definition) is 12. The van der Waals surface area contributed by atoms with E-state index in [-0.39, 0.29) is 37.1 Å². The third kappa shape index (κ3) is 8.78. The third-order valence-corrected chi connectivity index (χ3v) is 11.9. The molecule has 5 aromatic rings. The summed E-state index contributed by atoms with van der Waals surface area (Å²) >= 11 is 0. The van der Waals surface area contributed by atoms with Crippen LogP contribution in [0.2, 0.25) is 0 Å². The van der Waals surface area contributed by atoms with Gasteiger partial charge in [0.25, 0.3) is 21.3 Å². The number of hydrogen-bond donors (Lipinski definition) is 5. The van der Waals surface area contributed by atoms with E-state index in [4.69, 9.17) is 23.7 Å². The van der Waals surface area contributed by atoms with Crippen LogP contribution in [-0.2, 0) is 30.0 Å². The SMILES string of the molecule is COc1ccc(C(OC[C@H]2O[C@@H](n3cc(C)c(=O)[nH]c3=O)C[C@@H]2NS(=O)(=O)NC[C@H]2O[C@@H](n3cc(C)c(=O)[nH]c3=O)C[C@@H]2O)(c2ccccc2)c2ccc(OC)cc2)cc1. The van der Waals surface area contributed by atoms with Gasteiger partial charge in [0, 0.05) is 42.9 Å². The Bertz CT molecular complexity index is 2600. The quantitative estimate of drug-likeness (QED) is 0.0943. The lowest BCUT2D eigenvalue weighted by Gasteiger charge is -2.37. The van der Waals surface area contributed by atoms with Crippen molar-refractivity contribution in [2.75, 3.05) is 27.4 Å². The van der Waals surface area contributed by atoms with Crippen LogP contribution in [0.4, 0.5) is 0 Å². The van der Waals surface area contributed by atoms with E-state index in [0.717, 1.165) is 10.1 Å². The minimum atomic E-state index is -4.38. The summed E-state index contributed by atoms with van der Waals surface area (Å²) in [6.45, 7) is 2.45. The molecular weight excluding hydrogens is 801 g/mol. The molecule has 2 saturated heterocycles. The van der Waals surface area contributed by atoms with Crippen molar-refractivity contribution in [1.29, 1.82) is 0 Å². The zero-order valence-electron chi connectivity index (χ0n) is 33.2. The van der Waals surface area contributed by atoms with Gasteiger partial charge in [-0.05, 0) is 54.8 Å². The number of methoxy groups -OCH3 is 2. The molecule has 0 amide bonds. The Morgan fingerprint density at radius 3 is 1.73 bits per heavy atom. The number of ether oxygens (including phenoxy) is 5. The fourth-order valence-corrected chi connectivity index (χ4v) is 8.68. The van der Waals surface area contributed by atoms with Crippen LogP contribution in [0.5, 0.6) is 11.5 Å².